The number of aryl methyl sites for hydroxylation is 1. The molecule has 39 heavy (non-hydrogen) atoms. The quantitative estimate of drug-likeness (QED) is 0.366. The first-order valence-electron chi connectivity index (χ1n) is 12.9. The standard InChI is InChI=1S/C27H29F4N5O3/c1-13-22(26(38)36-20-7-6-17(10-19(20)28)35-14(2)37)24-25(34-13)23(32-12-33-24)18-9-16(27(29,30)31)5-8-21(18)39-11-15-3-4-15/h5,8-9,12,15,17,19-20,34H,3-4,6-7,10-11H2,1-2H3,(H,35,37)(H,36,38)/t17-,19-,20+/m1/s1. The molecule has 0 bridgehead atoms. The summed E-state index contributed by atoms with van der Waals surface area (Å²) in [5, 5.41) is 5.45. The van der Waals surface area contributed by atoms with Crippen LogP contribution in [-0.2, 0) is 11.0 Å². The summed E-state index contributed by atoms with van der Waals surface area (Å²) in [4.78, 5) is 36.2. The lowest BCUT2D eigenvalue weighted by Crippen LogP contribution is -2.49. The molecule has 2 aliphatic rings. The molecular formula is C27H29F4N5O3. The van der Waals surface area contributed by atoms with Crippen molar-refractivity contribution < 1.29 is 31.9 Å². The number of aromatic nitrogens is 3. The van der Waals surface area contributed by atoms with Crippen LogP contribution in [0.3, 0.4) is 0 Å². The summed E-state index contributed by atoms with van der Waals surface area (Å²) in [7, 11) is 0. The third-order valence-corrected chi connectivity index (χ3v) is 7.23. The second-order valence-electron chi connectivity index (χ2n) is 10.3. The van der Waals surface area contributed by atoms with Crippen LogP contribution in [0.4, 0.5) is 17.6 Å². The summed E-state index contributed by atoms with van der Waals surface area (Å²) >= 11 is 0. The molecule has 0 spiro atoms. The van der Waals surface area contributed by atoms with E-state index in [0.29, 0.717) is 31.1 Å². The van der Waals surface area contributed by atoms with Gasteiger partial charge in [-0.05, 0) is 56.7 Å². The van der Waals surface area contributed by atoms with E-state index in [-0.39, 0.29) is 52.0 Å². The Labute approximate surface area is 221 Å². The average Bonchev–Trinajstić information content (AvgIpc) is 3.63. The largest absolute Gasteiger partial charge is 0.493 e. The van der Waals surface area contributed by atoms with E-state index in [2.05, 4.69) is 25.6 Å². The van der Waals surface area contributed by atoms with E-state index in [9.17, 15) is 27.2 Å². The molecule has 2 saturated carbocycles. The Morgan fingerprint density at radius 1 is 1.13 bits per heavy atom. The molecule has 0 radical (unpaired) electrons. The number of ether oxygens (including phenoxy) is 1. The molecule has 2 amide bonds. The first-order valence-corrected chi connectivity index (χ1v) is 12.9. The van der Waals surface area contributed by atoms with Crippen LogP contribution in [0.25, 0.3) is 22.3 Å². The van der Waals surface area contributed by atoms with Crippen molar-refractivity contribution in [1.29, 1.82) is 0 Å². The molecule has 0 unspecified atom stereocenters. The molecule has 0 aliphatic heterocycles. The van der Waals surface area contributed by atoms with Crippen LogP contribution in [0.2, 0.25) is 0 Å². The lowest BCUT2D eigenvalue weighted by atomic mass is 9.89. The Morgan fingerprint density at radius 2 is 1.90 bits per heavy atom. The molecule has 3 N–H and O–H groups in total. The fraction of sp³-hybridized carbons (Fsp3) is 0.481. The number of fused-ring (bicyclic) bond motifs is 1. The molecule has 2 aromatic heterocycles. The van der Waals surface area contributed by atoms with Gasteiger partial charge in [0.1, 0.15) is 29.5 Å². The van der Waals surface area contributed by atoms with E-state index in [4.69, 9.17) is 4.74 Å². The Hall–Kier alpha value is -3.70. The normalized spacial score (nSPS) is 21.5. The zero-order valence-electron chi connectivity index (χ0n) is 21.5. The molecule has 2 fully saturated rings. The van der Waals surface area contributed by atoms with Crippen molar-refractivity contribution >= 4 is 22.8 Å². The van der Waals surface area contributed by atoms with E-state index in [1.54, 1.807) is 6.92 Å². The molecule has 5 rings (SSSR count). The van der Waals surface area contributed by atoms with Gasteiger partial charge in [0.2, 0.25) is 5.91 Å². The van der Waals surface area contributed by atoms with Crippen molar-refractivity contribution in [3.05, 3.63) is 41.3 Å². The van der Waals surface area contributed by atoms with Gasteiger partial charge in [-0.15, -0.1) is 0 Å². The topological polar surface area (TPSA) is 109 Å². The molecule has 0 saturated heterocycles. The summed E-state index contributed by atoms with van der Waals surface area (Å²) < 4.78 is 61.5. The lowest BCUT2D eigenvalue weighted by Gasteiger charge is -2.32. The minimum atomic E-state index is -4.57. The lowest BCUT2D eigenvalue weighted by molar-refractivity contribution is -0.137. The van der Waals surface area contributed by atoms with Gasteiger partial charge in [-0.2, -0.15) is 13.2 Å². The minimum Gasteiger partial charge on any atom is -0.493 e. The third-order valence-electron chi connectivity index (χ3n) is 7.23. The number of nitrogens with zero attached hydrogens (tertiary/aromatic N) is 2. The van der Waals surface area contributed by atoms with Gasteiger partial charge < -0.3 is 20.4 Å². The van der Waals surface area contributed by atoms with Crippen molar-refractivity contribution in [1.82, 2.24) is 25.6 Å². The molecule has 2 heterocycles. The van der Waals surface area contributed by atoms with Gasteiger partial charge in [-0.1, -0.05) is 0 Å². The van der Waals surface area contributed by atoms with E-state index in [1.165, 1.54) is 19.3 Å². The number of hydrogen-bond donors (Lipinski definition) is 3. The highest BCUT2D eigenvalue weighted by molar-refractivity contribution is 6.09. The summed E-state index contributed by atoms with van der Waals surface area (Å²) in [6, 6.07) is 2.20. The molecule has 8 nitrogen and oxygen atoms in total. The zero-order chi connectivity index (χ0) is 27.9. The number of rotatable bonds is 7. The predicted octanol–water partition coefficient (Wildman–Crippen LogP) is 4.87. The second kappa shape index (κ2) is 10.5. The zero-order valence-corrected chi connectivity index (χ0v) is 21.5. The van der Waals surface area contributed by atoms with E-state index < -0.39 is 29.9 Å². The number of H-pyrrole nitrogens is 1. The molecule has 3 atom stereocenters. The van der Waals surface area contributed by atoms with Crippen molar-refractivity contribution in [3.8, 4) is 17.0 Å². The minimum absolute atomic E-state index is 0.0862. The number of carbonyl (C=O) groups excluding carboxylic acids is 2. The monoisotopic (exact) mass is 547 g/mol. The number of benzene rings is 1. The van der Waals surface area contributed by atoms with Crippen LogP contribution in [-0.4, -0.2) is 51.6 Å². The average molecular weight is 548 g/mol. The highest BCUT2D eigenvalue weighted by Crippen LogP contribution is 2.40. The Bertz CT molecular complexity index is 1400. The van der Waals surface area contributed by atoms with Gasteiger partial charge in [0.25, 0.3) is 5.91 Å². The number of alkyl halides is 4. The smallest absolute Gasteiger partial charge is 0.416 e. The Balaban J connectivity index is 1.46. The maximum Gasteiger partial charge on any atom is 0.416 e. The van der Waals surface area contributed by atoms with Gasteiger partial charge in [-0.3, -0.25) is 9.59 Å². The molecule has 208 valence electrons. The Kier molecular flexibility index (Phi) is 7.21. The SMILES string of the molecule is CC(=O)N[C@@H]1CC[C@H](NC(=O)c2c(C)[nH]c3c(-c4cc(C(F)(F)F)ccc4OCC4CC4)ncnc23)[C@H](F)C1. The molecule has 2 aliphatic carbocycles. The second-order valence-corrected chi connectivity index (χ2v) is 10.3. The number of halogens is 4. The van der Waals surface area contributed by atoms with E-state index in [1.807, 2.05) is 0 Å². The van der Waals surface area contributed by atoms with Gasteiger partial charge in [-0.25, -0.2) is 14.4 Å². The van der Waals surface area contributed by atoms with Gasteiger partial charge in [0, 0.05) is 30.6 Å². The maximum absolute atomic E-state index is 14.9. The van der Waals surface area contributed by atoms with Crippen LogP contribution in [0, 0.1) is 12.8 Å². The summed E-state index contributed by atoms with van der Waals surface area (Å²) in [5.74, 6) is -0.157. The summed E-state index contributed by atoms with van der Waals surface area (Å²) in [6.45, 7) is 3.40. The molecular weight excluding hydrogens is 518 g/mol. The van der Waals surface area contributed by atoms with Crippen molar-refractivity contribution in [3.63, 3.8) is 0 Å². The number of carbonyl (C=O) groups is 2. The van der Waals surface area contributed by atoms with Gasteiger partial charge in [0.15, 0.2) is 0 Å². The number of hydrogen-bond acceptors (Lipinski definition) is 5. The predicted molar refractivity (Wildman–Crippen MR) is 135 cm³/mol. The summed E-state index contributed by atoms with van der Waals surface area (Å²) in [5.41, 5.74) is 0.513. The van der Waals surface area contributed by atoms with Crippen LogP contribution >= 0.6 is 0 Å². The van der Waals surface area contributed by atoms with Crippen LogP contribution in [0.5, 0.6) is 5.75 Å². The fourth-order valence-electron chi connectivity index (χ4n) is 5.05. The van der Waals surface area contributed by atoms with E-state index in [0.717, 1.165) is 25.0 Å². The van der Waals surface area contributed by atoms with E-state index >= 15 is 0 Å². The van der Waals surface area contributed by atoms with Crippen molar-refractivity contribution in [2.75, 3.05) is 6.61 Å². The van der Waals surface area contributed by atoms with Crippen molar-refractivity contribution in [2.24, 2.45) is 5.92 Å². The van der Waals surface area contributed by atoms with Crippen LogP contribution < -0.4 is 15.4 Å². The molecule has 1 aromatic carbocycles. The molecule has 3 aromatic rings. The van der Waals surface area contributed by atoms with Gasteiger partial charge >= 0.3 is 6.18 Å². The molecule has 12 heteroatoms. The highest BCUT2D eigenvalue weighted by Gasteiger charge is 2.34. The summed E-state index contributed by atoms with van der Waals surface area (Å²) in [6.07, 6.45) is -1.78. The van der Waals surface area contributed by atoms with Crippen molar-refractivity contribution in [2.45, 2.75) is 70.4 Å². The number of nitrogens with one attached hydrogen (secondary N) is 3. The third kappa shape index (κ3) is 5.84. The Morgan fingerprint density at radius 3 is 2.56 bits per heavy atom. The highest BCUT2D eigenvalue weighted by atomic mass is 19.4. The van der Waals surface area contributed by atoms with Crippen LogP contribution in [0.1, 0.15) is 60.6 Å². The maximum atomic E-state index is 14.9. The first kappa shape index (κ1) is 26.9. The number of aromatic amines is 1. The van der Waals surface area contributed by atoms with Gasteiger partial charge in [0.05, 0.1) is 29.3 Å². The first-order chi connectivity index (χ1) is 18.5. The fourth-order valence-corrected chi connectivity index (χ4v) is 5.05. The van der Waals surface area contributed by atoms with Crippen LogP contribution in [0.15, 0.2) is 24.5 Å². The number of amides is 2.